The van der Waals surface area contributed by atoms with Gasteiger partial charge in [0.2, 0.25) is 0 Å². The van der Waals surface area contributed by atoms with E-state index in [2.05, 4.69) is 35.3 Å². The molecule has 1 atom stereocenters. The van der Waals surface area contributed by atoms with Gasteiger partial charge in [-0.1, -0.05) is 38.0 Å². The minimum Gasteiger partial charge on any atom is -0.507 e. The average molecular weight is 288 g/mol. The third-order valence-electron chi connectivity index (χ3n) is 5.24. The molecule has 2 aliphatic rings. The predicted molar refractivity (Wildman–Crippen MR) is 86.6 cm³/mol. The van der Waals surface area contributed by atoms with Crippen LogP contribution in [0, 0.1) is 5.92 Å². The Balaban J connectivity index is 1.93. The van der Waals surface area contributed by atoms with Gasteiger partial charge in [-0.3, -0.25) is 4.90 Å². The molecule has 0 unspecified atom stereocenters. The van der Waals surface area contributed by atoms with E-state index >= 15 is 0 Å². The summed E-state index contributed by atoms with van der Waals surface area (Å²) >= 11 is 0. The van der Waals surface area contributed by atoms with Gasteiger partial charge in [0.15, 0.2) is 0 Å². The Bertz CT molecular complexity index is 462. The lowest BCUT2D eigenvalue weighted by molar-refractivity contribution is 0.123. The summed E-state index contributed by atoms with van der Waals surface area (Å²) in [6.07, 6.45) is 6.22. The van der Waals surface area contributed by atoms with Crippen LogP contribution in [0.25, 0.3) is 0 Å². The molecule has 3 heteroatoms. The molecule has 0 bridgehead atoms. The fourth-order valence-corrected chi connectivity index (χ4v) is 4.12. The van der Waals surface area contributed by atoms with Gasteiger partial charge >= 0.3 is 0 Å². The summed E-state index contributed by atoms with van der Waals surface area (Å²) in [5, 5.41) is 14.2. The minimum absolute atomic E-state index is 0.404. The number of hydrogen-bond acceptors (Lipinski definition) is 3. The first kappa shape index (κ1) is 14.9. The molecule has 2 fully saturated rings. The quantitative estimate of drug-likeness (QED) is 0.893. The molecule has 116 valence electrons. The van der Waals surface area contributed by atoms with Crippen LogP contribution >= 0.6 is 0 Å². The van der Waals surface area contributed by atoms with Gasteiger partial charge in [-0.05, 0) is 30.7 Å². The second kappa shape index (κ2) is 6.80. The SMILES string of the molecule is CCc1cccc([C@H](C2CCCC2)N2CCNCC2)c1O. The minimum atomic E-state index is 0.404. The zero-order valence-corrected chi connectivity index (χ0v) is 13.1. The van der Waals surface area contributed by atoms with Gasteiger partial charge in [-0.15, -0.1) is 0 Å². The van der Waals surface area contributed by atoms with Crippen LogP contribution in [0.1, 0.15) is 49.8 Å². The highest BCUT2D eigenvalue weighted by Gasteiger charge is 2.33. The predicted octanol–water partition coefficient (Wildman–Crippen LogP) is 3.09. The van der Waals surface area contributed by atoms with Gasteiger partial charge in [0.25, 0.3) is 0 Å². The molecule has 2 N–H and O–H groups in total. The lowest BCUT2D eigenvalue weighted by Gasteiger charge is -2.39. The van der Waals surface area contributed by atoms with Crippen molar-refractivity contribution in [2.45, 2.75) is 45.1 Å². The summed E-state index contributed by atoms with van der Waals surface area (Å²) in [5.74, 6) is 1.26. The van der Waals surface area contributed by atoms with Crippen molar-refractivity contribution in [3.05, 3.63) is 29.3 Å². The van der Waals surface area contributed by atoms with Crippen LogP contribution in [0.2, 0.25) is 0 Å². The molecule has 3 rings (SSSR count). The molecule has 0 amide bonds. The number of nitrogens with zero attached hydrogens (tertiary/aromatic N) is 1. The molecular weight excluding hydrogens is 260 g/mol. The van der Waals surface area contributed by atoms with E-state index in [1.54, 1.807) is 0 Å². The molecule has 1 heterocycles. The van der Waals surface area contributed by atoms with Gasteiger partial charge in [-0.25, -0.2) is 0 Å². The van der Waals surface area contributed by atoms with Crippen LogP contribution in [0.3, 0.4) is 0 Å². The van der Waals surface area contributed by atoms with Crippen LogP contribution in [0.15, 0.2) is 18.2 Å². The molecular formula is C18H28N2O. The van der Waals surface area contributed by atoms with Crippen molar-refractivity contribution >= 4 is 0 Å². The van der Waals surface area contributed by atoms with Crippen molar-refractivity contribution in [1.82, 2.24) is 10.2 Å². The number of aromatic hydroxyl groups is 1. The van der Waals surface area contributed by atoms with E-state index in [4.69, 9.17) is 0 Å². The fourth-order valence-electron chi connectivity index (χ4n) is 4.12. The lowest BCUT2D eigenvalue weighted by atomic mass is 9.88. The van der Waals surface area contributed by atoms with Crippen molar-refractivity contribution in [3.63, 3.8) is 0 Å². The van der Waals surface area contributed by atoms with Crippen molar-refractivity contribution in [3.8, 4) is 5.75 Å². The highest BCUT2D eigenvalue weighted by Crippen LogP contribution is 2.43. The number of aryl methyl sites for hydroxylation is 1. The molecule has 1 aromatic carbocycles. The number of hydrogen-bond donors (Lipinski definition) is 2. The molecule has 1 aromatic rings. The largest absolute Gasteiger partial charge is 0.507 e. The standard InChI is InChI=1S/C18H28N2O/c1-2-14-8-5-9-16(18(14)21)17(15-6-3-4-7-15)20-12-10-19-11-13-20/h5,8-9,15,17,19,21H,2-4,6-7,10-13H2,1H3/t17-/m0/s1. The highest BCUT2D eigenvalue weighted by molar-refractivity contribution is 5.42. The summed E-state index contributed by atoms with van der Waals surface area (Å²) < 4.78 is 0. The van der Waals surface area contributed by atoms with E-state index in [0.29, 0.717) is 17.7 Å². The molecule has 0 radical (unpaired) electrons. The number of rotatable bonds is 4. The van der Waals surface area contributed by atoms with E-state index in [0.717, 1.165) is 38.2 Å². The number of nitrogens with one attached hydrogen (secondary N) is 1. The maximum absolute atomic E-state index is 10.7. The fraction of sp³-hybridized carbons (Fsp3) is 0.667. The first-order chi connectivity index (χ1) is 10.3. The topological polar surface area (TPSA) is 35.5 Å². The Labute approximate surface area is 128 Å². The molecule has 0 aromatic heterocycles. The van der Waals surface area contributed by atoms with Gasteiger partial charge in [-0.2, -0.15) is 0 Å². The molecule has 21 heavy (non-hydrogen) atoms. The van der Waals surface area contributed by atoms with Crippen LogP contribution in [0.4, 0.5) is 0 Å². The van der Waals surface area contributed by atoms with Gasteiger partial charge in [0.05, 0.1) is 0 Å². The average Bonchev–Trinajstić information content (AvgIpc) is 3.04. The monoisotopic (exact) mass is 288 g/mol. The second-order valence-corrected chi connectivity index (χ2v) is 6.48. The van der Waals surface area contributed by atoms with Crippen LogP contribution < -0.4 is 5.32 Å². The van der Waals surface area contributed by atoms with Crippen LogP contribution in [-0.4, -0.2) is 36.2 Å². The maximum atomic E-state index is 10.7. The van der Waals surface area contributed by atoms with E-state index < -0.39 is 0 Å². The Morgan fingerprint density at radius 2 is 1.95 bits per heavy atom. The molecule has 3 nitrogen and oxygen atoms in total. The summed E-state index contributed by atoms with van der Waals surface area (Å²) in [6.45, 7) is 6.44. The summed E-state index contributed by atoms with van der Waals surface area (Å²) in [4.78, 5) is 2.60. The van der Waals surface area contributed by atoms with Crippen LogP contribution in [0.5, 0.6) is 5.75 Å². The zero-order valence-electron chi connectivity index (χ0n) is 13.1. The summed E-state index contributed by atoms with van der Waals surface area (Å²) in [5.41, 5.74) is 2.26. The summed E-state index contributed by atoms with van der Waals surface area (Å²) in [6, 6.07) is 6.74. The number of phenolic OH excluding ortho intramolecular Hbond substituents is 1. The Kier molecular flexibility index (Phi) is 4.81. The van der Waals surface area contributed by atoms with Crippen LogP contribution in [-0.2, 0) is 6.42 Å². The second-order valence-electron chi connectivity index (χ2n) is 6.48. The van der Waals surface area contributed by atoms with Crippen molar-refractivity contribution in [2.24, 2.45) is 5.92 Å². The van der Waals surface area contributed by atoms with Crippen molar-refractivity contribution < 1.29 is 5.11 Å². The molecule has 1 saturated heterocycles. The Morgan fingerprint density at radius 3 is 2.62 bits per heavy atom. The lowest BCUT2D eigenvalue weighted by Crippen LogP contribution is -2.46. The molecule has 1 saturated carbocycles. The number of benzene rings is 1. The number of para-hydroxylation sites is 1. The Morgan fingerprint density at radius 1 is 1.24 bits per heavy atom. The third kappa shape index (κ3) is 3.09. The number of phenols is 1. The van der Waals surface area contributed by atoms with Gasteiger partial charge < -0.3 is 10.4 Å². The summed E-state index contributed by atoms with van der Waals surface area (Å²) in [7, 11) is 0. The third-order valence-corrected chi connectivity index (χ3v) is 5.24. The van der Waals surface area contributed by atoms with E-state index in [1.807, 2.05) is 0 Å². The molecule has 1 aliphatic heterocycles. The smallest absolute Gasteiger partial charge is 0.123 e. The van der Waals surface area contributed by atoms with Crippen molar-refractivity contribution in [2.75, 3.05) is 26.2 Å². The normalized spacial score (nSPS) is 22.5. The first-order valence-corrected chi connectivity index (χ1v) is 8.56. The zero-order chi connectivity index (χ0) is 14.7. The van der Waals surface area contributed by atoms with Gasteiger partial charge in [0.1, 0.15) is 5.75 Å². The molecule has 1 aliphatic carbocycles. The Hall–Kier alpha value is -1.06. The van der Waals surface area contributed by atoms with E-state index in [-0.39, 0.29) is 0 Å². The van der Waals surface area contributed by atoms with Gasteiger partial charge in [0, 0.05) is 37.8 Å². The molecule has 0 spiro atoms. The maximum Gasteiger partial charge on any atom is 0.123 e. The highest BCUT2D eigenvalue weighted by atomic mass is 16.3. The van der Waals surface area contributed by atoms with E-state index in [1.165, 1.54) is 31.2 Å². The van der Waals surface area contributed by atoms with Crippen molar-refractivity contribution in [1.29, 1.82) is 0 Å². The van der Waals surface area contributed by atoms with E-state index in [9.17, 15) is 5.11 Å². The first-order valence-electron chi connectivity index (χ1n) is 8.56. The number of piperazine rings is 1.